The summed E-state index contributed by atoms with van der Waals surface area (Å²) in [6.07, 6.45) is 0.138. The molecule has 0 aromatic carbocycles. The molecule has 0 aliphatic carbocycles. The maximum atomic E-state index is 12.3. The van der Waals surface area contributed by atoms with Crippen LogP contribution in [0, 0.1) is 6.92 Å². The molecule has 7 nitrogen and oxygen atoms in total. The van der Waals surface area contributed by atoms with Crippen molar-refractivity contribution in [2.75, 3.05) is 7.05 Å². The molecule has 0 bridgehead atoms. The molecular formula is C13H16ClN5O2. The van der Waals surface area contributed by atoms with E-state index in [1.807, 2.05) is 13.8 Å². The minimum absolute atomic E-state index is 0.138. The Morgan fingerprint density at radius 3 is 2.62 bits per heavy atom. The van der Waals surface area contributed by atoms with Gasteiger partial charge in [0.05, 0.1) is 18.0 Å². The maximum Gasteiger partial charge on any atom is 0.252 e. The topological polar surface area (TPSA) is 73.0 Å². The van der Waals surface area contributed by atoms with Gasteiger partial charge in [-0.1, -0.05) is 0 Å². The number of aromatic nitrogens is 4. The van der Waals surface area contributed by atoms with Crippen LogP contribution in [0.15, 0.2) is 0 Å². The van der Waals surface area contributed by atoms with Crippen LogP contribution in [0.5, 0.6) is 0 Å². The average molecular weight is 310 g/mol. The molecule has 3 heterocycles. The monoisotopic (exact) mass is 309 g/mol. The first-order chi connectivity index (χ1) is 9.99. The number of rotatable bonds is 3. The molecule has 2 amide bonds. The molecule has 1 atom stereocenters. The van der Waals surface area contributed by atoms with Crippen LogP contribution in [0.4, 0.5) is 0 Å². The largest absolute Gasteiger partial charge is 0.299 e. The number of halogens is 1. The van der Waals surface area contributed by atoms with E-state index in [1.165, 1.54) is 7.05 Å². The first kappa shape index (κ1) is 14.1. The maximum absolute atomic E-state index is 12.3. The number of fused-ring (bicyclic) bond motifs is 1. The van der Waals surface area contributed by atoms with Gasteiger partial charge in [0, 0.05) is 13.6 Å². The highest BCUT2D eigenvalue weighted by molar-refractivity contribution is 6.17. The molecule has 0 radical (unpaired) electrons. The molecule has 1 unspecified atom stereocenters. The molecule has 3 rings (SSSR count). The van der Waals surface area contributed by atoms with Crippen LogP contribution in [0.3, 0.4) is 0 Å². The van der Waals surface area contributed by atoms with E-state index in [1.54, 1.807) is 9.25 Å². The lowest BCUT2D eigenvalue weighted by molar-refractivity contribution is -0.137. The third-order valence-electron chi connectivity index (χ3n) is 3.91. The molecule has 1 aliphatic heterocycles. The van der Waals surface area contributed by atoms with Gasteiger partial charge < -0.3 is 0 Å². The number of carbonyl (C=O) groups excluding carboxylic acids is 2. The summed E-state index contributed by atoms with van der Waals surface area (Å²) >= 11 is 5.98. The quantitative estimate of drug-likeness (QED) is 0.631. The standard InChI is InChI=1S/C13H16ClN5O2/c1-4-18-12-11(7(2)16-18)15-9(6-14)19(12)8-5-10(20)17(3)13(8)21/h8H,4-6H2,1-3H3. The molecule has 0 spiro atoms. The van der Waals surface area contributed by atoms with Crippen LogP contribution in [-0.2, 0) is 22.0 Å². The van der Waals surface area contributed by atoms with Crippen molar-refractivity contribution in [3.8, 4) is 0 Å². The van der Waals surface area contributed by atoms with Gasteiger partial charge in [0.15, 0.2) is 5.65 Å². The minimum Gasteiger partial charge on any atom is -0.299 e. The number of likely N-dealkylation sites (N-methyl/N-ethyl adjacent to an activating group) is 1. The predicted molar refractivity (Wildman–Crippen MR) is 76.9 cm³/mol. The Labute approximate surface area is 126 Å². The minimum atomic E-state index is -0.581. The molecule has 2 aromatic heterocycles. The molecule has 112 valence electrons. The zero-order valence-electron chi connectivity index (χ0n) is 12.1. The number of amides is 2. The summed E-state index contributed by atoms with van der Waals surface area (Å²) < 4.78 is 3.57. The van der Waals surface area contributed by atoms with Crippen LogP contribution in [0.2, 0.25) is 0 Å². The fourth-order valence-corrected chi connectivity index (χ4v) is 3.00. The molecule has 8 heteroatoms. The lowest BCUT2D eigenvalue weighted by Crippen LogP contribution is -2.27. The number of carbonyl (C=O) groups is 2. The van der Waals surface area contributed by atoms with E-state index in [0.29, 0.717) is 12.4 Å². The van der Waals surface area contributed by atoms with Crippen LogP contribution in [0.25, 0.3) is 11.2 Å². The van der Waals surface area contributed by atoms with Crippen molar-refractivity contribution in [1.29, 1.82) is 0 Å². The van der Waals surface area contributed by atoms with Crippen LogP contribution < -0.4 is 0 Å². The van der Waals surface area contributed by atoms with Gasteiger partial charge in [-0.05, 0) is 13.8 Å². The van der Waals surface area contributed by atoms with Crippen LogP contribution in [0.1, 0.15) is 30.9 Å². The van der Waals surface area contributed by atoms with Crippen molar-refractivity contribution < 1.29 is 9.59 Å². The molecule has 0 N–H and O–H groups in total. The van der Waals surface area contributed by atoms with Crippen molar-refractivity contribution in [3.05, 3.63) is 11.5 Å². The Morgan fingerprint density at radius 1 is 1.38 bits per heavy atom. The third-order valence-corrected chi connectivity index (χ3v) is 4.14. The smallest absolute Gasteiger partial charge is 0.252 e. The van der Waals surface area contributed by atoms with Crippen LogP contribution >= 0.6 is 11.6 Å². The lowest BCUT2D eigenvalue weighted by atomic mass is 10.2. The van der Waals surface area contributed by atoms with Crippen molar-refractivity contribution >= 4 is 34.6 Å². The zero-order valence-corrected chi connectivity index (χ0v) is 12.9. The van der Waals surface area contributed by atoms with E-state index in [9.17, 15) is 9.59 Å². The fourth-order valence-electron chi connectivity index (χ4n) is 2.81. The Kier molecular flexibility index (Phi) is 3.24. The highest BCUT2D eigenvalue weighted by Gasteiger charge is 2.40. The number of hydrogen-bond donors (Lipinski definition) is 0. The Hall–Kier alpha value is -1.89. The predicted octanol–water partition coefficient (Wildman–Crippen LogP) is 1.23. The summed E-state index contributed by atoms with van der Waals surface area (Å²) in [6, 6.07) is -0.581. The van der Waals surface area contributed by atoms with Crippen molar-refractivity contribution in [2.45, 2.75) is 38.7 Å². The van der Waals surface area contributed by atoms with Gasteiger partial charge in [0.2, 0.25) is 5.91 Å². The highest BCUT2D eigenvalue weighted by Crippen LogP contribution is 2.31. The molecule has 1 fully saturated rings. The summed E-state index contributed by atoms with van der Waals surface area (Å²) in [5, 5.41) is 4.42. The second-order valence-corrected chi connectivity index (χ2v) is 5.38. The Morgan fingerprint density at radius 2 is 2.10 bits per heavy atom. The molecule has 1 saturated heterocycles. The summed E-state index contributed by atoms with van der Waals surface area (Å²) in [4.78, 5) is 29.8. The van der Waals surface area contributed by atoms with Gasteiger partial charge >= 0.3 is 0 Å². The molecule has 2 aromatic rings. The summed E-state index contributed by atoms with van der Waals surface area (Å²) in [5.41, 5.74) is 2.29. The number of nitrogens with zero attached hydrogens (tertiary/aromatic N) is 5. The highest BCUT2D eigenvalue weighted by atomic mass is 35.5. The normalized spacial score (nSPS) is 19.2. The molecule has 21 heavy (non-hydrogen) atoms. The summed E-state index contributed by atoms with van der Waals surface area (Å²) in [6.45, 7) is 4.50. The second kappa shape index (κ2) is 4.84. The number of aryl methyl sites for hydroxylation is 2. The third kappa shape index (κ3) is 1.87. The Bertz CT molecular complexity index is 747. The lowest BCUT2D eigenvalue weighted by Gasteiger charge is -2.14. The molecule has 1 aliphatic rings. The first-order valence-electron chi connectivity index (χ1n) is 6.80. The van der Waals surface area contributed by atoms with E-state index in [0.717, 1.165) is 21.8 Å². The van der Waals surface area contributed by atoms with E-state index >= 15 is 0 Å². The van der Waals surface area contributed by atoms with E-state index < -0.39 is 6.04 Å². The zero-order chi connectivity index (χ0) is 15.3. The van der Waals surface area contributed by atoms with Gasteiger partial charge in [-0.15, -0.1) is 11.6 Å². The number of alkyl halides is 1. The van der Waals surface area contributed by atoms with Crippen LogP contribution in [-0.4, -0.2) is 43.1 Å². The van der Waals surface area contributed by atoms with E-state index in [4.69, 9.17) is 11.6 Å². The van der Waals surface area contributed by atoms with Gasteiger partial charge in [0.25, 0.3) is 5.91 Å². The second-order valence-electron chi connectivity index (χ2n) is 5.12. The molecular weight excluding hydrogens is 294 g/mol. The summed E-state index contributed by atoms with van der Waals surface area (Å²) in [5.74, 6) is 0.356. The number of imide groups is 1. The fraction of sp³-hybridized carbons (Fsp3) is 0.538. The van der Waals surface area contributed by atoms with E-state index in [-0.39, 0.29) is 24.1 Å². The van der Waals surface area contributed by atoms with Crippen molar-refractivity contribution in [3.63, 3.8) is 0 Å². The number of hydrogen-bond acceptors (Lipinski definition) is 4. The van der Waals surface area contributed by atoms with E-state index in [2.05, 4.69) is 10.1 Å². The van der Waals surface area contributed by atoms with Crippen molar-refractivity contribution in [1.82, 2.24) is 24.2 Å². The number of imidazole rings is 1. The van der Waals surface area contributed by atoms with Gasteiger partial charge in [-0.25, -0.2) is 9.67 Å². The first-order valence-corrected chi connectivity index (χ1v) is 7.33. The summed E-state index contributed by atoms with van der Waals surface area (Å²) in [7, 11) is 1.50. The average Bonchev–Trinajstić information content (AvgIpc) is 3.07. The van der Waals surface area contributed by atoms with Gasteiger partial charge in [-0.3, -0.25) is 19.1 Å². The van der Waals surface area contributed by atoms with Gasteiger partial charge in [0.1, 0.15) is 17.4 Å². The number of likely N-dealkylation sites (tertiary alicyclic amines) is 1. The molecule has 0 saturated carbocycles. The van der Waals surface area contributed by atoms with Crippen molar-refractivity contribution in [2.24, 2.45) is 0 Å². The SMILES string of the molecule is CCn1nc(C)c2nc(CCl)n(C3CC(=O)N(C)C3=O)c21. The Balaban J connectivity index is 2.26. The van der Waals surface area contributed by atoms with Gasteiger partial charge in [-0.2, -0.15) is 5.10 Å².